The van der Waals surface area contributed by atoms with Crippen molar-refractivity contribution in [1.29, 1.82) is 0 Å². The first kappa shape index (κ1) is 13.8. The first-order chi connectivity index (χ1) is 7.95. The summed E-state index contributed by atoms with van der Waals surface area (Å²) in [6.45, 7) is 4.30. The number of nitrogens with two attached hydrogens (primary N) is 1. The fourth-order valence-electron chi connectivity index (χ4n) is 1.82. The van der Waals surface area contributed by atoms with Gasteiger partial charge in [-0.2, -0.15) is 0 Å². The molecule has 0 aliphatic rings. The summed E-state index contributed by atoms with van der Waals surface area (Å²) in [4.78, 5) is 0. The molecule has 4 nitrogen and oxygen atoms in total. The molecule has 17 heavy (non-hydrogen) atoms. The number of methoxy groups -OCH3 is 3. The van der Waals surface area contributed by atoms with Gasteiger partial charge in [-0.3, -0.25) is 0 Å². The highest BCUT2D eigenvalue weighted by Gasteiger charge is 2.23. The lowest BCUT2D eigenvalue weighted by molar-refractivity contribution is 0.177. The molecule has 0 bridgehead atoms. The highest BCUT2D eigenvalue weighted by molar-refractivity contribution is 5.52. The molecule has 0 aromatic heterocycles. The Bertz CT molecular complexity index is 383. The van der Waals surface area contributed by atoms with Gasteiger partial charge in [0.05, 0.1) is 26.4 Å². The molecule has 0 amide bonds. The zero-order valence-corrected chi connectivity index (χ0v) is 11.2. The standard InChI is InChI=1S/C13H21NO3/c1-13(2,14)10-6-7-11(16-4)9(8-15-3)12(10)17-5/h6-7H,8,14H2,1-5H3. The van der Waals surface area contributed by atoms with E-state index in [9.17, 15) is 0 Å². The molecule has 0 saturated heterocycles. The summed E-state index contributed by atoms with van der Waals surface area (Å²) in [5.41, 5.74) is 7.48. The maximum atomic E-state index is 6.13. The first-order valence-electron chi connectivity index (χ1n) is 5.47. The zero-order valence-electron chi connectivity index (χ0n) is 11.2. The van der Waals surface area contributed by atoms with Crippen molar-refractivity contribution in [3.05, 3.63) is 23.3 Å². The van der Waals surface area contributed by atoms with Crippen LogP contribution < -0.4 is 15.2 Å². The Balaban J connectivity index is 3.40. The molecule has 1 rings (SSSR count). The van der Waals surface area contributed by atoms with Crippen LogP contribution in [0.1, 0.15) is 25.0 Å². The summed E-state index contributed by atoms with van der Waals surface area (Å²) in [6.07, 6.45) is 0. The average molecular weight is 239 g/mol. The van der Waals surface area contributed by atoms with Crippen LogP contribution in [0.3, 0.4) is 0 Å². The second-order valence-corrected chi connectivity index (χ2v) is 4.48. The highest BCUT2D eigenvalue weighted by atomic mass is 16.5. The van der Waals surface area contributed by atoms with Crippen molar-refractivity contribution in [1.82, 2.24) is 0 Å². The van der Waals surface area contributed by atoms with E-state index in [2.05, 4.69) is 0 Å². The van der Waals surface area contributed by atoms with Crippen molar-refractivity contribution in [2.45, 2.75) is 26.0 Å². The Morgan fingerprint density at radius 3 is 2.18 bits per heavy atom. The third-order valence-corrected chi connectivity index (χ3v) is 2.62. The van der Waals surface area contributed by atoms with Gasteiger partial charge < -0.3 is 19.9 Å². The molecular weight excluding hydrogens is 218 g/mol. The lowest BCUT2D eigenvalue weighted by Gasteiger charge is -2.25. The van der Waals surface area contributed by atoms with Gasteiger partial charge >= 0.3 is 0 Å². The number of benzene rings is 1. The Hall–Kier alpha value is -1.26. The van der Waals surface area contributed by atoms with E-state index in [0.29, 0.717) is 6.61 Å². The molecule has 0 radical (unpaired) electrons. The van der Waals surface area contributed by atoms with Crippen molar-refractivity contribution in [2.24, 2.45) is 5.73 Å². The number of hydrogen-bond acceptors (Lipinski definition) is 4. The van der Waals surface area contributed by atoms with Crippen LogP contribution >= 0.6 is 0 Å². The fourth-order valence-corrected chi connectivity index (χ4v) is 1.82. The van der Waals surface area contributed by atoms with Crippen LogP contribution in [0.15, 0.2) is 12.1 Å². The molecule has 0 atom stereocenters. The van der Waals surface area contributed by atoms with Gasteiger partial charge in [-0.1, -0.05) is 0 Å². The molecule has 0 aliphatic carbocycles. The van der Waals surface area contributed by atoms with Crippen LogP contribution in [-0.2, 0) is 16.9 Å². The van der Waals surface area contributed by atoms with Crippen molar-refractivity contribution in [3.63, 3.8) is 0 Å². The summed E-state index contributed by atoms with van der Waals surface area (Å²) >= 11 is 0. The van der Waals surface area contributed by atoms with E-state index in [0.717, 1.165) is 22.6 Å². The maximum Gasteiger partial charge on any atom is 0.133 e. The molecule has 0 fully saturated rings. The second kappa shape index (κ2) is 5.38. The molecular formula is C13H21NO3. The van der Waals surface area contributed by atoms with Gasteiger partial charge in [0.25, 0.3) is 0 Å². The smallest absolute Gasteiger partial charge is 0.133 e. The van der Waals surface area contributed by atoms with Crippen molar-refractivity contribution in [2.75, 3.05) is 21.3 Å². The van der Waals surface area contributed by atoms with Crippen molar-refractivity contribution >= 4 is 0 Å². The molecule has 96 valence electrons. The third-order valence-electron chi connectivity index (χ3n) is 2.62. The van der Waals surface area contributed by atoms with Gasteiger partial charge in [-0.25, -0.2) is 0 Å². The Kier molecular flexibility index (Phi) is 4.37. The molecule has 0 heterocycles. The minimum absolute atomic E-state index is 0.427. The predicted octanol–water partition coefficient (Wildman–Crippen LogP) is 2.04. The van der Waals surface area contributed by atoms with Crippen LogP contribution in [0.25, 0.3) is 0 Å². The van der Waals surface area contributed by atoms with E-state index < -0.39 is 5.54 Å². The van der Waals surface area contributed by atoms with Gasteiger partial charge in [-0.15, -0.1) is 0 Å². The number of rotatable bonds is 5. The third kappa shape index (κ3) is 2.90. The van der Waals surface area contributed by atoms with Gasteiger partial charge in [-0.05, 0) is 26.0 Å². The van der Waals surface area contributed by atoms with Crippen LogP contribution in [0, 0.1) is 0 Å². The number of hydrogen-bond donors (Lipinski definition) is 1. The largest absolute Gasteiger partial charge is 0.496 e. The van der Waals surface area contributed by atoms with Gasteiger partial charge in [0.2, 0.25) is 0 Å². The summed E-state index contributed by atoms with van der Waals surface area (Å²) in [7, 11) is 4.89. The monoisotopic (exact) mass is 239 g/mol. The summed E-state index contributed by atoms with van der Waals surface area (Å²) in [5.74, 6) is 1.48. The van der Waals surface area contributed by atoms with Crippen LogP contribution in [0.4, 0.5) is 0 Å². The summed E-state index contributed by atoms with van der Waals surface area (Å²) in [5, 5.41) is 0. The van der Waals surface area contributed by atoms with Gasteiger partial charge in [0.1, 0.15) is 11.5 Å². The fraction of sp³-hybridized carbons (Fsp3) is 0.538. The molecule has 0 spiro atoms. The van der Waals surface area contributed by atoms with E-state index in [1.807, 2.05) is 26.0 Å². The predicted molar refractivity (Wildman–Crippen MR) is 67.5 cm³/mol. The van der Waals surface area contributed by atoms with Crippen LogP contribution in [0.5, 0.6) is 11.5 Å². The lowest BCUT2D eigenvalue weighted by atomic mass is 9.92. The first-order valence-corrected chi connectivity index (χ1v) is 5.47. The van der Waals surface area contributed by atoms with E-state index in [1.165, 1.54) is 0 Å². The normalized spacial score (nSPS) is 11.4. The average Bonchev–Trinajstić information content (AvgIpc) is 2.27. The van der Waals surface area contributed by atoms with E-state index in [1.54, 1.807) is 21.3 Å². The lowest BCUT2D eigenvalue weighted by Crippen LogP contribution is -2.29. The molecule has 4 heteroatoms. The Morgan fingerprint density at radius 2 is 1.76 bits per heavy atom. The minimum atomic E-state index is -0.472. The molecule has 0 saturated carbocycles. The Labute approximate surface area is 103 Å². The van der Waals surface area contributed by atoms with Crippen LogP contribution in [0.2, 0.25) is 0 Å². The molecule has 1 aromatic rings. The molecule has 1 aromatic carbocycles. The van der Waals surface area contributed by atoms with Crippen molar-refractivity contribution in [3.8, 4) is 11.5 Å². The molecule has 0 aliphatic heterocycles. The van der Waals surface area contributed by atoms with E-state index in [-0.39, 0.29) is 0 Å². The van der Waals surface area contributed by atoms with E-state index >= 15 is 0 Å². The summed E-state index contributed by atoms with van der Waals surface area (Å²) < 4.78 is 15.9. The maximum absolute atomic E-state index is 6.13. The van der Waals surface area contributed by atoms with Crippen molar-refractivity contribution < 1.29 is 14.2 Å². The topological polar surface area (TPSA) is 53.7 Å². The van der Waals surface area contributed by atoms with Crippen LogP contribution in [-0.4, -0.2) is 21.3 Å². The molecule has 0 unspecified atom stereocenters. The number of ether oxygens (including phenoxy) is 3. The summed E-state index contributed by atoms with van der Waals surface area (Å²) in [6, 6.07) is 3.82. The second-order valence-electron chi connectivity index (χ2n) is 4.48. The van der Waals surface area contributed by atoms with E-state index in [4.69, 9.17) is 19.9 Å². The SMILES string of the molecule is COCc1c(OC)ccc(C(C)(C)N)c1OC. The molecule has 2 N–H and O–H groups in total. The minimum Gasteiger partial charge on any atom is -0.496 e. The zero-order chi connectivity index (χ0) is 13.1. The Morgan fingerprint density at radius 1 is 1.12 bits per heavy atom. The quantitative estimate of drug-likeness (QED) is 0.854. The van der Waals surface area contributed by atoms with Gasteiger partial charge in [0.15, 0.2) is 0 Å². The highest BCUT2D eigenvalue weighted by Crippen LogP contribution is 2.37. The van der Waals surface area contributed by atoms with Gasteiger partial charge in [0, 0.05) is 18.2 Å².